The molecule has 102 valence electrons. The van der Waals surface area contributed by atoms with Crippen molar-refractivity contribution < 1.29 is 4.39 Å². The summed E-state index contributed by atoms with van der Waals surface area (Å²) in [5, 5.41) is 7.37. The number of rotatable bonds is 2. The van der Waals surface area contributed by atoms with Crippen LogP contribution in [0.2, 0.25) is 5.15 Å². The van der Waals surface area contributed by atoms with Crippen molar-refractivity contribution >= 4 is 28.9 Å². The maximum atomic E-state index is 13.9. The first kappa shape index (κ1) is 12.8. The third-order valence-corrected chi connectivity index (χ3v) is 3.35. The first-order valence-electron chi connectivity index (χ1n) is 5.95. The van der Waals surface area contributed by atoms with Crippen molar-refractivity contribution in [2.45, 2.75) is 13.8 Å². The molecule has 5 nitrogen and oxygen atoms in total. The van der Waals surface area contributed by atoms with E-state index in [0.29, 0.717) is 28.0 Å². The molecule has 0 radical (unpaired) electrons. The maximum absolute atomic E-state index is 13.9. The first-order chi connectivity index (χ1) is 9.56. The summed E-state index contributed by atoms with van der Waals surface area (Å²) in [5.74, 6) is 0.557. The van der Waals surface area contributed by atoms with Crippen LogP contribution in [0.1, 0.15) is 11.1 Å². The van der Waals surface area contributed by atoms with Crippen LogP contribution in [0.15, 0.2) is 24.5 Å². The number of hydrogen-bond acceptors (Lipinski definition) is 4. The van der Waals surface area contributed by atoms with Crippen molar-refractivity contribution in [3.63, 3.8) is 0 Å². The van der Waals surface area contributed by atoms with E-state index in [1.165, 1.54) is 16.9 Å². The van der Waals surface area contributed by atoms with Crippen molar-refractivity contribution in [3.8, 4) is 0 Å². The predicted molar refractivity (Wildman–Crippen MR) is 74.9 cm³/mol. The molecule has 0 saturated heterocycles. The molecule has 0 saturated carbocycles. The molecule has 7 heteroatoms. The van der Waals surface area contributed by atoms with E-state index in [1.54, 1.807) is 13.0 Å². The Kier molecular flexibility index (Phi) is 3.02. The number of benzene rings is 1. The highest BCUT2D eigenvalue weighted by molar-refractivity contribution is 6.30. The van der Waals surface area contributed by atoms with Crippen LogP contribution >= 0.6 is 11.6 Å². The van der Waals surface area contributed by atoms with E-state index in [1.807, 2.05) is 13.0 Å². The lowest BCUT2D eigenvalue weighted by Crippen LogP contribution is -2.06. The Morgan fingerprint density at radius 1 is 1.30 bits per heavy atom. The van der Waals surface area contributed by atoms with Gasteiger partial charge in [-0.05, 0) is 31.5 Å². The van der Waals surface area contributed by atoms with Crippen LogP contribution < -0.4 is 5.32 Å². The van der Waals surface area contributed by atoms with Crippen LogP contribution in [0.3, 0.4) is 0 Å². The van der Waals surface area contributed by atoms with Gasteiger partial charge in [0.15, 0.2) is 0 Å². The highest BCUT2D eigenvalue weighted by Crippen LogP contribution is 2.26. The molecule has 3 rings (SSSR count). The second kappa shape index (κ2) is 4.72. The molecule has 1 aromatic carbocycles. The maximum Gasteiger partial charge on any atom is 0.255 e. The molecule has 0 atom stereocenters. The molecule has 0 amide bonds. The average molecular weight is 292 g/mol. The molecular weight excluding hydrogens is 281 g/mol. The topological polar surface area (TPSA) is 55.1 Å². The number of nitrogens with one attached hydrogen (secondary N) is 1. The number of aryl methyl sites for hydroxylation is 1. The zero-order valence-corrected chi connectivity index (χ0v) is 11.6. The quantitative estimate of drug-likeness (QED) is 0.736. The van der Waals surface area contributed by atoms with Crippen LogP contribution in [0.5, 0.6) is 0 Å². The minimum absolute atomic E-state index is 0.306. The molecule has 0 aliphatic heterocycles. The third-order valence-electron chi connectivity index (χ3n) is 2.98. The molecule has 0 fully saturated rings. The molecule has 3 aromatic rings. The zero-order chi connectivity index (χ0) is 14.3. The number of anilines is 2. The average Bonchev–Trinajstić information content (AvgIpc) is 2.85. The summed E-state index contributed by atoms with van der Waals surface area (Å²) in [6.45, 7) is 3.61. The summed E-state index contributed by atoms with van der Waals surface area (Å²) in [5.41, 5.74) is 1.87. The van der Waals surface area contributed by atoms with Gasteiger partial charge in [0.05, 0.1) is 5.69 Å². The Balaban J connectivity index is 2.14. The lowest BCUT2D eigenvalue weighted by molar-refractivity contribution is 0.630. The number of fused-ring (bicyclic) bond motifs is 1. The summed E-state index contributed by atoms with van der Waals surface area (Å²) < 4.78 is 15.4. The summed E-state index contributed by atoms with van der Waals surface area (Å²) in [6, 6.07) is 4.95. The fraction of sp³-hybridized carbons (Fsp3) is 0.154. The van der Waals surface area contributed by atoms with Gasteiger partial charge in [-0.1, -0.05) is 17.7 Å². The molecule has 0 bridgehead atoms. The van der Waals surface area contributed by atoms with Gasteiger partial charge in [0.1, 0.15) is 23.1 Å². The zero-order valence-electron chi connectivity index (χ0n) is 10.9. The second-order valence-electron chi connectivity index (χ2n) is 4.46. The lowest BCUT2D eigenvalue weighted by Gasteiger charge is -2.12. The number of halogens is 2. The van der Waals surface area contributed by atoms with Gasteiger partial charge < -0.3 is 5.32 Å². The highest BCUT2D eigenvalue weighted by atomic mass is 35.5. The number of aromatic nitrogens is 4. The standard InChI is InChI=1S/C13H11ClFN5/c1-7-3-4-10(9(15)5-7)18-12-8(2)11(14)19-13-16-6-17-20(12)13/h3-6,18H,1-2H3. The van der Waals surface area contributed by atoms with Gasteiger partial charge in [0.25, 0.3) is 5.78 Å². The first-order valence-corrected chi connectivity index (χ1v) is 6.33. The van der Waals surface area contributed by atoms with E-state index in [4.69, 9.17) is 11.6 Å². The largest absolute Gasteiger partial charge is 0.337 e. The molecular formula is C13H11ClFN5. The van der Waals surface area contributed by atoms with E-state index in [-0.39, 0.29) is 5.82 Å². The van der Waals surface area contributed by atoms with E-state index >= 15 is 0 Å². The smallest absolute Gasteiger partial charge is 0.255 e. The molecule has 0 spiro atoms. The van der Waals surface area contributed by atoms with Crippen LogP contribution in [0, 0.1) is 19.7 Å². The molecule has 20 heavy (non-hydrogen) atoms. The monoisotopic (exact) mass is 291 g/mol. The number of hydrogen-bond donors (Lipinski definition) is 1. The Morgan fingerprint density at radius 3 is 2.85 bits per heavy atom. The van der Waals surface area contributed by atoms with Gasteiger partial charge in [0.2, 0.25) is 0 Å². The predicted octanol–water partition coefficient (Wildman–Crippen LogP) is 3.28. The summed E-state index contributed by atoms with van der Waals surface area (Å²) in [4.78, 5) is 8.08. The Labute approximate surface area is 119 Å². The van der Waals surface area contributed by atoms with E-state index in [2.05, 4.69) is 20.4 Å². The van der Waals surface area contributed by atoms with Crippen molar-refractivity contribution in [3.05, 3.63) is 46.6 Å². The van der Waals surface area contributed by atoms with Gasteiger partial charge in [0, 0.05) is 5.56 Å². The van der Waals surface area contributed by atoms with E-state index < -0.39 is 0 Å². The van der Waals surface area contributed by atoms with Gasteiger partial charge in [-0.3, -0.25) is 0 Å². The Bertz CT molecular complexity index is 799. The molecule has 1 N–H and O–H groups in total. The normalized spacial score (nSPS) is 11.0. The van der Waals surface area contributed by atoms with E-state index in [0.717, 1.165) is 5.56 Å². The van der Waals surface area contributed by atoms with Gasteiger partial charge in [-0.15, -0.1) is 0 Å². The second-order valence-corrected chi connectivity index (χ2v) is 4.81. The molecule has 2 heterocycles. The van der Waals surface area contributed by atoms with Crippen molar-refractivity contribution in [1.82, 2.24) is 19.6 Å². The minimum atomic E-state index is -0.342. The minimum Gasteiger partial charge on any atom is -0.337 e. The van der Waals surface area contributed by atoms with Crippen LogP contribution in [0.25, 0.3) is 5.78 Å². The van der Waals surface area contributed by atoms with Crippen molar-refractivity contribution in [1.29, 1.82) is 0 Å². The lowest BCUT2D eigenvalue weighted by atomic mass is 10.2. The summed E-state index contributed by atoms with van der Waals surface area (Å²) in [6.07, 6.45) is 1.37. The fourth-order valence-corrected chi connectivity index (χ4v) is 2.06. The molecule has 2 aromatic heterocycles. The molecule has 0 aliphatic carbocycles. The summed E-state index contributed by atoms with van der Waals surface area (Å²) >= 11 is 6.05. The van der Waals surface area contributed by atoms with Crippen LogP contribution in [-0.4, -0.2) is 19.6 Å². The highest BCUT2D eigenvalue weighted by Gasteiger charge is 2.13. The van der Waals surface area contributed by atoms with Crippen LogP contribution in [0.4, 0.5) is 15.9 Å². The fourth-order valence-electron chi connectivity index (χ4n) is 1.89. The van der Waals surface area contributed by atoms with E-state index in [9.17, 15) is 4.39 Å². The SMILES string of the molecule is Cc1ccc(Nc2c(C)c(Cl)nc3ncnn23)c(F)c1. The summed E-state index contributed by atoms with van der Waals surface area (Å²) in [7, 11) is 0. The molecule has 0 aliphatic rings. The van der Waals surface area contributed by atoms with Crippen molar-refractivity contribution in [2.75, 3.05) is 5.32 Å². The molecule has 0 unspecified atom stereocenters. The van der Waals surface area contributed by atoms with Crippen molar-refractivity contribution in [2.24, 2.45) is 0 Å². The Hall–Kier alpha value is -2.21. The Morgan fingerprint density at radius 2 is 2.10 bits per heavy atom. The third kappa shape index (κ3) is 2.08. The van der Waals surface area contributed by atoms with Crippen LogP contribution in [-0.2, 0) is 0 Å². The number of nitrogens with zero attached hydrogens (tertiary/aromatic N) is 4. The van der Waals surface area contributed by atoms with Gasteiger partial charge in [-0.25, -0.2) is 4.39 Å². The van der Waals surface area contributed by atoms with Gasteiger partial charge in [-0.2, -0.15) is 19.6 Å². The van der Waals surface area contributed by atoms with Gasteiger partial charge >= 0.3 is 0 Å².